The SMILES string of the molecule is CN(Cc1cn[nH]c1)C(=O)C=CC(=O)O. The monoisotopic (exact) mass is 209 g/mol. The van der Waals surface area contributed by atoms with Crippen molar-refractivity contribution in [3.8, 4) is 0 Å². The van der Waals surface area contributed by atoms with Crippen molar-refractivity contribution >= 4 is 11.9 Å². The molecule has 0 spiro atoms. The lowest BCUT2D eigenvalue weighted by Crippen LogP contribution is -2.24. The van der Waals surface area contributed by atoms with Crippen molar-refractivity contribution in [2.75, 3.05) is 7.05 Å². The summed E-state index contributed by atoms with van der Waals surface area (Å²) in [7, 11) is 1.58. The van der Waals surface area contributed by atoms with E-state index in [9.17, 15) is 9.59 Å². The number of aromatic amines is 1. The van der Waals surface area contributed by atoms with Gasteiger partial charge in [0.15, 0.2) is 0 Å². The van der Waals surface area contributed by atoms with Crippen LogP contribution in [0.15, 0.2) is 24.5 Å². The van der Waals surface area contributed by atoms with Gasteiger partial charge in [0, 0.05) is 37.5 Å². The molecule has 0 aliphatic rings. The first kappa shape index (κ1) is 11.0. The second-order valence-corrected chi connectivity index (χ2v) is 2.97. The average Bonchev–Trinajstić information content (AvgIpc) is 2.66. The average molecular weight is 209 g/mol. The maximum Gasteiger partial charge on any atom is 0.328 e. The number of carbonyl (C=O) groups is 2. The van der Waals surface area contributed by atoms with Crippen molar-refractivity contribution in [3.05, 3.63) is 30.1 Å². The van der Waals surface area contributed by atoms with E-state index in [1.54, 1.807) is 19.4 Å². The van der Waals surface area contributed by atoms with Gasteiger partial charge in [-0.05, 0) is 0 Å². The van der Waals surface area contributed by atoms with Gasteiger partial charge in [0.1, 0.15) is 0 Å². The predicted molar refractivity (Wildman–Crippen MR) is 51.8 cm³/mol. The number of aliphatic carboxylic acids is 1. The van der Waals surface area contributed by atoms with E-state index in [-0.39, 0.29) is 5.91 Å². The molecule has 1 amide bonds. The highest BCUT2D eigenvalue weighted by Gasteiger charge is 2.06. The summed E-state index contributed by atoms with van der Waals surface area (Å²) < 4.78 is 0. The molecule has 1 heterocycles. The molecule has 0 aromatic carbocycles. The lowest BCUT2D eigenvalue weighted by molar-refractivity contribution is -0.132. The largest absolute Gasteiger partial charge is 0.478 e. The van der Waals surface area contributed by atoms with Crippen LogP contribution in [-0.4, -0.2) is 39.1 Å². The smallest absolute Gasteiger partial charge is 0.328 e. The van der Waals surface area contributed by atoms with Crippen molar-refractivity contribution in [1.82, 2.24) is 15.1 Å². The zero-order valence-corrected chi connectivity index (χ0v) is 8.17. The molecule has 0 saturated carbocycles. The van der Waals surface area contributed by atoms with E-state index in [2.05, 4.69) is 10.2 Å². The zero-order valence-electron chi connectivity index (χ0n) is 8.17. The second kappa shape index (κ2) is 4.94. The molecule has 1 aromatic rings. The van der Waals surface area contributed by atoms with Crippen LogP contribution in [0.4, 0.5) is 0 Å². The fourth-order valence-electron chi connectivity index (χ4n) is 0.986. The molecule has 80 valence electrons. The number of rotatable bonds is 4. The normalized spacial score (nSPS) is 10.5. The number of aromatic nitrogens is 2. The number of carboxylic acid groups (broad SMARTS) is 1. The van der Waals surface area contributed by atoms with E-state index in [0.717, 1.165) is 17.7 Å². The number of hydrogen-bond donors (Lipinski definition) is 2. The maximum absolute atomic E-state index is 11.3. The Morgan fingerprint density at radius 3 is 2.87 bits per heavy atom. The number of hydrogen-bond acceptors (Lipinski definition) is 3. The van der Waals surface area contributed by atoms with Gasteiger partial charge in [0.25, 0.3) is 0 Å². The molecular weight excluding hydrogens is 198 g/mol. The van der Waals surface area contributed by atoms with Gasteiger partial charge >= 0.3 is 5.97 Å². The number of H-pyrrole nitrogens is 1. The Bertz CT molecular complexity index is 370. The molecule has 6 heteroatoms. The summed E-state index contributed by atoms with van der Waals surface area (Å²) in [6, 6.07) is 0. The number of carbonyl (C=O) groups excluding carboxylic acids is 1. The molecule has 0 bridgehead atoms. The van der Waals surface area contributed by atoms with Crippen LogP contribution in [0.5, 0.6) is 0 Å². The number of carboxylic acids is 1. The summed E-state index contributed by atoms with van der Waals surface area (Å²) in [5, 5.41) is 14.7. The van der Waals surface area contributed by atoms with E-state index in [4.69, 9.17) is 5.11 Å². The Hall–Kier alpha value is -2.11. The molecule has 1 aromatic heterocycles. The van der Waals surface area contributed by atoms with Crippen molar-refractivity contribution in [2.45, 2.75) is 6.54 Å². The van der Waals surface area contributed by atoms with Crippen LogP contribution in [0.2, 0.25) is 0 Å². The van der Waals surface area contributed by atoms with Crippen LogP contribution < -0.4 is 0 Å². The molecule has 0 aliphatic carbocycles. The summed E-state index contributed by atoms with van der Waals surface area (Å²) >= 11 is 0. The van der Waals surface area contributed by atoms with E-state index in [1.807, 2.05) is 0 Å². The summed E-state index contributed by atoms with van der Waals surface area (Å²) in [6.07, 6.45) is 5.10. The van der Waals surface area contributed by atoms with Crippen LogP contribution >= 0.6 is 0 Å². The predicted octanol–water partition coefficient (Wildman–Crippen LogP) is 0.00890. The maximum atomic E-state index is 11.3. The topological polar surface area (TPSA) is 86.3 Å². The van der Waals surface area contributed by atoms with Gasteiger partial charge in [-0.3, -0.25) is 9.89 Å². The standard InChI is InChI=1S/C9H11N3O3/c1-12(6-7-4-10-11-5-7)8(13)2-3-9(14)15/h2-5H,6H2,1H3,(H,10,11)(H,14,15). The third kappa shape index (κ3) is 3.63. The Balaban J connectivity index is 2.50. The van der Waals surface area contributed by atoms with Crippen molar-refractivity contribution in [3.63, 3.8) is 0 Å². The van der Waals surface area contributed by atoms with Crippen LogP contribution in [0.3, 0.4) is 0 Å². The van der Waals surface area contributed by atoms with Gasteiger partial charge in [-0.2, -0.15) is 5.10 Å². The molecule has 1 rings (SSSR count). The molecule has 0 unspecified atom stereocenters. The Labute approximate surface area is 86.2 Å². The van der Waals surface area contributed by atoms with Gasteiger partial charge in [-0.1, -0.05) is 0 Å². The third-order valence-corrected chi connectivity index (χ3v) is 1.72. The molecule has 0 saturated heterocycles. The molecule has 0 radical (unpaired) electrons. The molecule has 2 N–H and O–H groups in total. The lowest BCUT2D eigenvalue weighted by atomic mass is 10.3. The first-order valence-corrected chi connectivity index (χ1v) is 4.23. The molecule has 0 fully saturated rings. The Morgan fingerprint density at radius 2 is 2.33 bits per heavy atom. The highest BCUT2D eigenvalue weighted by Crippen LogP contribution is 1.99. The minimum atomic E-state index is -1.14. The van der Waals surface area contributed by atoms with Crippen molar-refractivity contribution in [1.29, 1.82) is 0 Å². The van der Waals surface area contributed by atoms with Crippen LogP contribution in [-0.2, 0) is 16.1 Å². The Morgan fingerprint density at radius 1 is 1.60 bits per heavy atom. The van der Waals surface area contributed by atoms with Gasteiger partial charge < -0.3 is 10.0 Å². The molecule has 15 heavy (non-hydrogen) atoms. The van der Waals surface area contributed by atoms with Gasteiger partial charge in [0.05, 0.1) is 6.20 Å². The van der Waals surface area contributed by atoms with Crippen LogP contribution in [0.25, 0.3) is 0 Å². The van der Waals surface area contributed by atoms with Crippen molar-refractivity contribution < 1.29 is 14.7 Å². The van der Waals surface area contributed by atoms with Crippen LogP contribution in [0, 0.1) is 0 Å². The highest BCUT2D eigenvalue weighted by molar-refractivity contribution is 5.93. The summed E-state index contributed by atoms with van der Waals surface area (Å²) in [4.78, 5) is 22.9. The number of likely N-dealkylation sites (N-methyl/N-ethyl adjacent to an activating group) is 1. The fraction of sp³-hybridized carbons (Fsp3) is 0.222. The third-order valence-electron chi connectivity index (χ3n) is 1.72. The molecule has 0 aliphatic heterocycles. The number of nitrogens with zero attached hydrogens (tertiary/aromatic N) is 2. The van der Waals surface area contributed by atoms with Crippen LogP contribution in [0.1, 0.15) is 5.56 Å². The zero-order chi connectivity index (χ0) is 11.3. The minimum Gasteiger partial charge on any atom is -0.478 e. The first-order chi connectivity index (χ1) is 7.09. The fourth-order valence-corrected chi connectivity index (χ4v) is 0.986. The summed E-state index contributed by atoms with van der Waals surface area (Å²) in [5.74, 6) is -1.50. The summed E-state index contributed by atoms with van der Waals surface area (Å²) in [6.45, 7) is 0.388. The van der Waals surface area contributed by atoms with Gasteiger partial charge in [0.2, 0.25) is 5.91 Å². The lowest BCUT2D eigenvalue weighted by Gasteiger charge is -2.13. The quantitative estimate of drug-likeness (QED) is 0.684. The van der Waals surface area contributed by atoms with Gasteiger partial charge in [-0.25, -0.2) is 4.79 Å². The Kier molecular flexibility index (Phi) is 3.61. The highest BCUT2D eigenvalue weighted by atomic mass is 16.4. The van der Waals surface area contributed by atoms with Crippen molar-refractivity contribution in [2.24, 2.45) is 0 Å². The second-order valence-electron chi connectivity index (χ2n) is 2.97. The van der Waals surface area contributed by atoms with E-state index in [0.29, 0.717) is 6.54 Å². The molecule has 0 atom stereocenters. The van der Waals surface area contributed by atoms with Gasteiger partial charge in [-0.15, -0.1) is 0 Å². The van der Waals surface area contributed by atoms with E-state index >= 15 is 0 Å². The number of nitrogens with one attached hydrogen (secondary N) is 1. The molecular formula is C9H11N3O3. The minimum absolute atomic E-state index is 0.362. The number of amides is 1. The first-order valence-electron chi connectivity index (χ1n) is 4.23. The summed E-state index contributed by atoms with van der Waals surface area (Å²) in [5.41, 5.74) is 0.856. The molecule has 6 nitrogen and oxygen atoms in total. The van der Waals surface area contributed by atoms with E-state index in [1.165, 1.54) is 4.90 Å². The van der Waals surface area contributed by atoms with E-state index < -0.39 is 5.97 Å².